The molecule has 0 radical (unpaired) electrons. The summed E-state index contributed by atoms with van der Waals surface area (Å²) in [5, 5.41) is 3.70. The Hall–Kier alpha value is -0.930. The zero-order valence-corrected chi connectivity index (χ0v) is 12.0. The average molecular weight is 247 g/mol. The van der Waals surface area contributed by atoms with E-state index in [0.29, 0.717) is 6.04 Å². The van der Waals surface area contributed by atoms with E-state index >= 15 is 0 Å². The quantitative estimate of drug-likeness (QED) is 0.885. The Morgan fingerprint density at radius 3 is 2.94 bits per heavy atom. The molecule has 0 amide bonds. The van der Waals surface area contributed by atoms with E-state index in [4.69, 9.17) is 0 Å². The van der Waals surface area contributed by atoms with Gasteiger partial charge in [-0.2, -0.15) is 0 Å². The number of likely N-dealkylation sites (N-methyl/N-ethyl adjacent to an activating group) is 1. The molecule has 0 fully saturated rings. The van der Waals surface area contributed by atoms with E-state index in [-0.39, 0.29) is 5.54 Å². The molecule has 1 aromatic rings. The van der Waals surface area contributed by atoms with Gasteiger partial charge in [-0.15, -0.1) is 0 Å². The second-order valence-corrected chi connectivity index (χ2v) is 6.08. The standard InChI is InChI=1S/C15H25N3/c1-15(2,18(3)4)11-17-13-9-5-7-12-8-6-10-16-14(12)13/h6,8,10,13,17H,5,7,9,11H2,1-4H3. The molecule has 1 aromatic heterocycles. The van der Waals surface area contributed by atoms with Gasteiger partial charge in [0.2, 0.25) is 0 Å². The van der Waals surface area contributed by atoms with E-state index in [1.54, 1.807) is 0 Å². The van der Waals surface area contributed by atoms with Gasteiger partial charge < -0.3 is 10.2 Å². The lowest BCUT2D eigenvalue weighted by Crippen LogP contribution is -2.47. The SMILES string of the molecule is CN(C)C(C)(C)CNC1CCCc2cccnc21. The molecule has 2 rings (SSSR count). The van der Waals surface area contributed by atoms with E-state index < -0.39 is 0 Å². The molecule has 0 saturated heterocycles. The lowest BCUT2D eigenvalue weighted by molar-refractivity contribution is 0.181. The molecule has 0 saturated carbocycles. The smallest absolute Gasteiger partial charge is 0.0605 e. The molecule has 0 spiro atoms. The number of pyridine rings is 1. The van der Waals surface area contributed by atoms with Crippen molar-refractivity contribution in [1.82, 2.24) is 15.2 Å². The van der Waals surface area contributed by atoms with Crippen molar-refractivity contribution in [3.63, 3.8) is 0 Å². The number of fused-ring (bicyclic) bond motifs is 1. The molecule has 1 heterocycles. The van der Waals surface area contributed by atoms with Crippen molar-refractivity contribution >= 4 is 0 Å². The summed E-state index contributed by atoms with van der Waals surface area (Å²) in [6.07, 6.45) is 5.56. The molecule has 0 bridgehead atoms. The molecule has 18 heavy (non-hydrogen) atoms. The minimum atomic E-state index is 0.173. The van der Waals surface area contributed by atoms with Gasteiger partial charge >= 0.3 is 0 Å². The number of hydrogen-bond acceptors (Lipinski definition) is 3. The number of aromatic nitrogens is 1. The topological polar surface area (TPSA) is 28.2 Å². The van der Waals surface area contributed by atoms with Gasteiger partial charge in [0.15, 0.2) is 0 Å². The largest absolute Gasteiger partial charge is 0.307 e. The fourth-order valence-corrected chi connectivity index (χ4v) is 2.34. The lowest BCUT2D eigenvalue weighted by atomic mass is 9.91. The van der Waals surface area contributed by atoms with Crippen molar-refractivity contribution < 1.29 is 0 Å². The third kappa shape index (κ3) is 2.90. The third-order valence-corrected chi connectivity index (χ3v) is 4.19. The van der Waals surface area contributed by atoms with Crippen LogP contribution in [0.3, 0.4) is 0 Å². The summed E-state index contributed by atoms with van der Waals surface area (Å²) < 4.78 is 0. The maximum absolute atomic E-state index is 4.57. The Kier molecular flexibility index (Phi) is 4.03. The number of hydrogen-bond donors (Lipinski definition) is 1. The van der Waals surface area contributed by atoms with Gasteiger partial charge in [0.1, 0.15) is 0 Å². The van der Waals surface area contributed by atoms with Crippen LogP contribution in [0.25, 0.3) is 0 Å². The summed E-state index contributed by atoms with van der Waals surface area (Å²) in [7, 11) is 4.27. The fourth-order valence-electron chi connectivity index (χ4n) is 2.34. The van der Waals surface area contributed by atoms with Gasteiger partial charge in [0, 0.05) is 24.3 Å². The summed E-state index contributed by atoms with van der Waals surface area (Å²) in [6, 6.07) is 4.69. The molecule has 0 aromatic carbocycles. The fraction of sp³-hybridized carbons (Fsp3) is 0.667. The molecule has 3 nitrogen and oxygen atoms in total. The van der Waals surface area contributed by atoms with Gasteiger partial charge in [-0.25, -0.2) is 0 Å². The molecule has 1 aliphatic rings. The molecule has 1 unspecified atom stereocenters. The third-order valence-electron chi connectivity index (χ3n) is 4.19. The summed E-state index contributed by atoms with van der Waals surface area (Å²) in [6.45, 7) is 5.52. The second kappa shape index (κ2) is 5.37. The first kappa shape index (κ1) is 13.5. The molecule has 100 valence electrons. The highest BCUT2D eigenvalue weighted by Gasteiger charge is 2.25. The Morgan fingerprint density at radius 1 is 1.44 bits per heavy atom. The highest BCUT2D eigenvalue weighted by atomic mass is 15.2. The normalized spacial score (nSPS) is 19.9. The Labute approximate surface area is 111 Å². The lowest BCUT2D eigenvalue weighted by Gasteiger charge is -2.35. The molecule has 0 aliphatic heterocycles. The monoisotopic (exact) mass is 247 g/mol. The van der Waals surface area contributed by atoms with Crippen LogP contribution in [-0.2, 0) is 6.42 Å². The van der Waals surface area contributed by atoms with Crippen molar-refractivity contribution in [2.75, 3.05) is 20.6 Å². The molecular formula is C15H25N3. The van der Waals surface area contributed by atoms with E-state index in [1.807, 2.05) is 12.3 Å². The summed E-state index contributed by atoms with van der Waals surface area (Å²) >= 11 is 0. The minimum Gasteiger partial charge on any atom is -0.307 e. The molecule has 1 N–H and O–H groups in total. The van der Waals surface area contributed by atoms with Crippen LogP contribution >= 0.6 is 0 Å². The second-order valence-electron chi connectivity index (χ2n) is 6.08. The van der Waals surface area contributed by atoms with Crippen molar-refractivity contribution in [2.24, 2.45) is 0 Å². The van der Waals surface area contributed by atoms with Gasteiger partial charge in [-0.1, -0.05) is 6.07 Å². The van der Waals surface area contributed by atoms with Crippen LogP contribution in [0.1, 0.15) is 44.0 Å². The Balaban J connectivity index is 2.04. The number of rotatable bonds is 4. The number of aryl methyl sites for hydroxylation is 1. The van der Waals surface area contributed by atoms with Crippen molar-refractivity contribution in [3.8, 4) is 0 Å². The van der Waals surface area contributed by atoms with E-state index in [0.717, 1.165) is 6.54 Å². The Morgan fingerprint density at radius 2 is 2.22 bits per heavy atom. The van der Waals surface area contributed by atoms with Crippen molar-refractivity contribution in [3.05, 3.63) is 29.6 Å². The number of nitrogens with zero attached hydrogens (tertiary/aromatic N) is 2. The molecule has 1 atom stereocenters. The van der Waals surface area contributed by atoms with Crippen LogP contribution in [0.4, 0.5) is 0 Å². The van der Waals surface area contributed by atoms with Gasteiger partial charge in [0.05, 0.1) is 5.69 Å². The van der Waals surface area contributed by atoms with Crippen LogP contribution in [0.5, 0.6) is 0 Å². The van der Waals surface area contributed by atoms with Crippen molar-refractivity contribution in [1.29, 1.82) is 0 Å². The zero-order valence-electron chi connectivity index (χ0n) is 12.0. The predicted molar refractivity (Wildman–Crippen MR) is 75.7 cm³/mol. The average Bonchev–Trinajstić information content (AvgIpc) is 2.36. The van der Waals surface area contributed by atoms with Crippen LogP contribution < -0.4 is 5.32 Å². The van der Waals surface area contributed by atoms with Crippen LogP contribution in [0.2, 0.25) is 0 Å². The first-order valence-electron chi connectivity index (χ1n) is 6.85. The summed E-state index contributed by atoms with van der Waals surface area (Å²) in [4.78, 5) is 6.84. The summed E-state index contributed by atoms with van der Waals surface area (Å²) in [5.41, 5.74) is 2.86. The maximum atomic E-state index is 4.57. The van der Waals surface area contributed by atoms with Crippen molar-refractivity contribution in [2.45, 2.75) is 44.7 Å². The Bertz CT molecular complexity index is 398. The highest BCUT2D eigenvalue weighted by molar-refractivity contribution is 5.25. The van der Waals surface area contributed by atoms with E-state index in [2.05, 4.69) is 49.2 Å². The first-order valence-corrected chi connectivity index (χ1v) is 6.85. The van der Waals surface area contributed by atoms with E-state index in [9.17, 15) is 0 Å². The molecular weight excluding hydrogens is 222 g/mol. The van der Waals surface area contributed by atoms with Crippen LogP contribution in [0.15, 0.2) is 18.3 Å². The predicted octanol–water partition coefficient (Wildman–Crippen LogP) is 2.39. The molecule has 1 aliphatic carbocycles. The zero-order chi connectivity index (χ0) is 13.2. The summed E-state index contributed by atoms with van der Waals surface area (Å²) in [5.74, 6) is 0. The van der Waals surface area contributed by atoms with Crippen LogP contribution in [-0.4, -0.2) is 36.1 Å². The highest BCUT2D eigenvalue weighted by Crippen LogP contribution is 2.28. The van der Waals surface area contributed by atoms with E-state index in [1.165, 1.54) is 30.5 Å². The van der Waals surface area contributed by atoms with Crippen LogP contribution in [0, 0.1) is 0 Å². The van der Waals surface area contributed by atoms with Gasteiger partial charge in [0.25, 0.3) is 0 Å². The first-order chi connectivity index (χ1) is 8.50. The maximum Gasteiger partial charge on any atom is 0.0605 e. The minimum absolute atomic E-state index is 0.173. The molecule has 3 heteroatoms. The number of nitrogens with one attached hydrogen (secondary N) is 1. The van der Waals surface area contributed by atoms with Gasteiger partial charge in [-0.05, 0) is 58.8 Å². The van der Waals surface area contributed by atoms with Gasteiger partial charge in [-0.3, -0.25) is 4.98 Å².